The van der Waals surface area contributed by atoms with E-state index in [9.17, 15) is 9.90 Å². The molecule has 0 radical (unpaired) electrons. The van der Waals surface area contributed by atoms with E-state index in [1.807, 2.05) is 32.0 Å². The van der Waals surface area contributed by atoms with E-state index in [1.54, 1.807) is 6.92 Å². The van der Waals surface area contributed by atoms with Gasteiger partial charge in [-0.15, -0.1) is 0 Å². The molecular formula is C15H16N2O3. The molecule has 5 heteroatoms. The third-order valence-corrected chi connectivity index (χ3v) is 3.00. The number of aromatic carboxylic acids is 1. The third kappa shape index (κ3) is 2.61. The first-order valence-corrected chi connectivity index (χ1v) is 6.33. The number of benzene rings is 1. The van der Waals surface area contributed by atoms with Crippen molar-refractivity contribution >= 4 is 5.97 Å². The molecule has 0 amide bonds. The number of ether oxygens (including phenoxy) is 1. The van der Waals surface area contributed by atoms with Gasteiger partial charge >= 0.3 is 5.97 Å². The van der Waals surface area contributed by atoms with Crippen molar-refractivity contribution in [3.63, 3.8) is 0 Å². The summed E-state index contributed by atoms with van der Waals surface area (Å²) in [6.07, 6.45) is 1.38. The summed E-state index contributed by atoms with van der Waals surface area (Å²) in [4.78, 5) is 19.4. The molecule has 20 heavy (non-hydrogen) atoms. The summed E-state index contributed by atoms with van der Waals surface area (Å²) in [5.41, 5.74) is 2.70. The van der Waals surface area contributed by atoms with E-state index in [2.05, 4.69) is 9.97 Å². The molecule has 104 valence electrons. The highest BCUT2D eigenvalue weighted by atomic mass is 16.5. The average Bonchev–Trinajstić information content (AvgIpc) is 2.40. The van der Waals surface area contributed by atoms with Gasteiger partial charge in [0.25, 0.3) is 0 Å². The normalized spacial score (nSPS) is 10.3. The molecule has 2 rings (SSSR count). The second-order valence-corrected chi connectivity index (χ2v) is 4.40. The summed E-state index contributed by atoms with van der Waals surface area (Å²) in [7, 11) is 0. The van der Waals surface area contributed by atoms with E-state index < -0.39 is 5.97 Å². The highest BCUT2D eigenvalue weighted by molar-refractivity contribution is 5.95. The highest BCUT2D eigenvalue weighted by Gasteiger charge is 2.17. The minimum Gasteiger partial charge on any atom is -0.494 e. The SMILES string of the molecule is CCOc1ccc(-c2ncnc(C)c2C(=O)O)cc1C. The van der Waals surface area contributed by atoms with Crippen LogP contribution < -0.4 is 4.74 Å². The Morgan fingerprint density at radius 1 is 1.30 bits per heavy atom. The lowest BCUT2D eigenvalue weighted by atomic mass is 10.0. The zero-order valence-electron chi connectivity index (χ0n) is 11.7. The lowest BCUT2D eigenvalue weighted by molar-refractivity contribution is 0.0696. The molecule has 0 bridgehead atoms. The number of hydrogen-bond donors (Lipinski definition) is 1. The standard InChI is InChI=1S/C15H16N2O3/c1-4-20-12-6-5-11(7-9(12)2)14-13(15(18)19)10(3)16-8-17-14/h5-8H,4H2,1-3H3,(H,18,19). The molecule has 1 aromatic heterocycles. The maximum Gasteiger partial charge on any atom is 0.339 e. The number of aromatic nitrogens is 2. The lowest BCUT2D eigenvalue weighted by Gasteiger charge is -2.11. The van der Waals surface area contributed by atoms with Gasteiger partial charge in [-0.05, 0) is 44.5 Å². The Kier molecular flexibility index (Phi) is 3.98. The number of carboxylic acid groups (broad SMARTS) is 1. The Bertz CT molecular complexity index is 654. The van der Waals surface area contributed by atoms with Crippen molar-refractivity contribution in [2.24, 2.45) is 0 Å². The molecule has 1 heterocycles. The van der Waals surface area contributed by atoms with Crippen LogP contribution in [0.2, 0.25) is 0 Å². The number of aryl methyl sites for hydroxylation is 2. The monoisotopic (exact) mass is 272 g/mol. The molecule has 0 spiro atoms. The molecule has 1 N–H and O–H groups in total. The molecule has 0 saturated carbocycles. The van der Waals surface area contributed by atoms with Crippen LogP contribution in [0.1, 0.15) is 28.5 Å². The maximum atomic E-state index is 11.4. The molecule has 0 aliphatic rings. The van der Waals surface area contributed by atoms with Gasteiger partial charge in [0.15, 0.2) is 0 Å². The Labute approximate surface area is 117 Å². The summed E-state index contributed by atoms with van der Waals surface area (Å²) >= 11 is 0. The van der Waals surface area contributed by atoms with Gasteiger partial charge in [0.2, 0.25) is 0 Å². The van der Waals surface area contributed by atoms with Crippen LogP contribution in [-0.2, 0) is 0 Å². The summed E-state index contributed by atoms with van der Waals surface area (Å²) in [5, 5.41) is 9.31. The van der Waals surface area contributed by atoms with E-state index in [0.717, 1.165) is 16.9 Å². The van der Waals surface area contributed by atoms with Gasteiger partial charge in [-0.3, -0.25) is 0 Å². The summed E-state index contributed by atoms with van der Waals surface area (Å²) in [5.74, 6) is -0.233. The van der Waals surface area contributed by atoms with Crippen LogP contribution in [0.4, 0.5) is 0 Å². The van der Waals surface area contributed by atoms with Gasteiger partial charge in [-0.25, -0.2) is 14.8 Å². The smallest absolute Gasteiger partial charge is 0.339 e. The number of carbonyl (C=O) groups is 1. The summed E-state index contributed by atoms with van der Waals surface area (Å²) < 4.78 is 5.48. The average molecular weight is 272 g/mol. The van der Waals surface area contributed by atoms with E-state index >= 15 is 0 Å². The van der Waals surface area contributed by atoms with Gasteiger partial charge in [-0.2, -0.15) is 0 Å². The predicted octanol–water partition coefficient (Wildman–Crippen LogP) is 2.86. The van der Waals surface area contributed by atoms with Crippen molar-refractivity contribution in [1.29, 1.82) is 0 Å². The van der Waals surface area contributed by atoms with Crippen LogP contribution >= 0.6 is 0 Å². The second-order valence-electron chi connectivity index (χ2n) is 4.40. The zero-order chi connectivity index (χ0) is 14.7. The fourth-order valence-electron chi connectivity index (χ4n) is 2.06. The Morgan fingerprint density at radius 2 is 2.05 bits per heavy atom. The molecule has 0 atom stereocenters. The fourth-order valence-corrected chi connectivity index (χ4v) is 2.06. The van der Waals surface area contributed by atoms with Gasteiger partial charge in [0, 0.05) is 5.56 Å². The summed E-state index contributed by atoms with van der Waals surface area (Å²) in [6.45, 7) is 6.09. The number of nitrogens with zero attached hydrogens (tertiary/aromatic N) is 2. The topological polar surface area (TPSA) is 72.3 Å². The van der Waals surface area contributed by atoms with Crippen LogP contribution in [0.25, 0.3) is 11.3 Å². The molecular weight excluding hydrogens is 256 g/mol. The Morgan fingerprint density at radius 3 is 2.65 bits per heavy atom. The Balaban J connectivity index is 2.55. The number of carboxylic acids is 1. The van der Waals surface area contributed by atoms with Gasteiger partial charge < -0.3 is 9.84 Å². The molecule has 0 fully saturated rings. The predicted molar refractivity (Wildman–Crippen MR) is 75.1 cm³/mol. The molecule has 2 aromatic rings. The van der Waals surface area contributed by atoms with Crippen molar-refractivity contribution in [3.05, 3.63) is 41.3 Å². The van der Waals surface area contributed by atoms with E-state index in [-0.39, 0.29) is 5.56 Å². The van der Waals surface area contributed by atoms with Crippen LogP contribution in [-0.4, -0.2) is 27.7 Å². The quantitative estimate of drug-likeness (QED) is 0.926. The van der Waals surface area contributed by atoms with Crippen LogP contribution in [0.15, 0.2) is 24.5 Å². The zero-order valence-corrected chi connectivity index (χ0v) is 11.7. The molecule has 0 saturated heterocycles. The highest BCUT2D eigenvalue weighted by Crippen LogP contribution is 2.27. The van der Waals surface area contributed by atoms with E-state index in [1.165, 1.54) is 6.33 Å². The molecule has 0 aliphatic carbocycles. The van der Waals surface area contributed by atoms with Crippen molar-refractivity contribution in [2.45, 2.75) is 20.8 Å². The van der Waals surface area contributed by atoms with E-state index in [0.29, 0.717) is 18.0 Å². The molecule has 0 aliphatic heterocycles. The van der Waals surface area contributed by atoms with Gasteiger partial charge in [0.05, 0.1) is 18.0 Å². The van der Waals surface area contributed by atoms with Gasteiger partial charge in [-0.1, -0.05) is 0 Å². The molecule has 0 unspecified atom stereocenters. The number of rotatable bonds is 4. The van der Waals surface area contributed by atoms with E-state index in [4.69, 9.17) is 4.74 Å². The first-order valence-electron chi connectivity index (χ1n) is 6.33. The minimum absolute atomic E-state index is 0.135. The van der Waals surface area contributed by atoms with Crippen molar-refractivity contribution in [3.8, 4) is 17.0 Å². The lowest BCUT2D eigenvalue weighted by Crippen LogP contribution is -2.06. The maximum absolute atomic E-state index is 11.4. The van der Waals surface area contributed by atoms with Crippen LogP contribution in [0.5, 0.6) is 5.75 Å². The fraction of sp³-hybridized carbons (Fsp3) is 0.267. The van der Waals surface area contributed by atoms with Crippen LogP contribution in [0.3, 0.4) is 0 Å². The first-order chi connectivity index (χ1) is 9.54. The first kappa shape index (κ1) is 14.0. The summed E-state index contributed by atoms with van der Waals surface area (Å²) in [6, 6.07) is 5.52. The minimum atomic E-state index is -1.02. The third-order valence-electron chi connectivity index (χ3n) is 3.00. The largest absolute Gasteiger partial charge is 0.494 e. The molecule has 1 aromatic carbocycles. The second kappa shape index (κ2) is 5.69. The van der Waals surface area contributed by atoms with Gasteiger partial charge in [0.1, 0.15) is 17.6 Å². The van der Waals surface area contributed by atoms with Crippen molar-refractivity contribution < 1.29 is 14.6 Å². The molecule has 5 nitrogen and oxygen atoms in total. The van der Waals surface area contributed by atoms with Crippen molar-refractivity contribution in [1.82, 2.24) is 9.97 Å². The Hall–Kier alpha value is -2.43. The van der Waals surface area contributed by atoms with Crippen LogP contribution in [0, 0.1) is 13.8 Å². The number of hydrogen-bond acceptors (Lipinski definition) is 4. The van der Waals surface area contributed by atoms with Crippen molar-refractivity contribution in [2.75, 3.05) is 6.61 Å².